The largest absolute Gasteiger partial charge is 0.310 e. The molecule has 11 aromatic rings. The van der Waals surface area contributed by atoms with E-state index in [0.29, 0.717) is 0 Å². The summed E-state index contributed by atoms with van der Waals surface area (Å²) in [5.41, 5.74) is 25.8. The van der Waals surface area contributed by atoms with Gasteiger partial charge in [0.05, 0.1) is 33.5 Å². The van der Waals surface area contributed by atoms with Crippen molar-refractivity contribution in [3.05, 3.63) is 192 Å². The second-order valence-electron chi connectivity index (χ2n) is 25.2. The Balaban J connectivity index is 1.28. The summed E-state index contributed by atoms with van der Waals surface area (Å²) in [6, 6.07) is 64.4. The molecule has 0 unspecified atom stereocenters. The van der Waals surface area contributed by atoms with Gasteiger partial charge in [-0.1, -0.05) is 217 Å². The van der Waals surface area contributed by atoms with Crippen LogP contribution in [0, 0.1) is 0 Å². The summed E-state index contributed by atoms with van der Waals surface area (Å²) in [7, 11) is 0. The lowest BCUT2D eigenvalue weighted by molar-refractivity contribution is 0.572. The summed E-state index contributed by atoms with van der Waals surface area (Å²) in [6.45, 7) is 28.5. The van der Waals surface area contributed by atoms with E-state index in [2.05, 4.69) is 262 Å². The van der Waals surface area contributed by atoms with Crippen molar-refractivity contribution in [3.63, 3.8) is 0 Å². The minimum Gasteiger partial charge on any atom is -0.310 e. The van der Waals surface area contributed by atoms with E-state index in [1.54, 1.807) is 0 Å². The molecule has 0 amide bonds. The average molecular weight is 946 g/mol. The predicted molar refractivity (Wildman–Crippen MR) is 314 cm³/mol. The molecule has 0 aliphatic carbocycles. The number of rotatable bonds is 4. The quantitative estimate of drug-likeness (QED) is 0.161. The number of pyridine rings is 1. The van der Waals surface area contributed by atoms with Gasteiger partial charge in [0.1, 0.15) is 0 Å². The van der Waals surface area contributed by atoms with Gasteiger partial charge in [0.25, 0.3) is 6.71 Å². The maximum absolute atomic E-state index is 5.54. The van der Waals surface area contributed by atoms with Crippen LogP contribution >= 0.6 is 0 Å². The zero-order valence-corrected chi connectivity index (χ0v) is 44.6. The van der Waals surface area contributed by atoms with E-state index in [0.717, 1.165) is 22.5 Å². The van der Waals surface area contributed by atoms with Crippen LogP contribution in [0.5, 0.6) is 0 Å². The average Bonchev–Trinajstić information content (AvgIpc) is 3.91. The van der Waals surface area contributed by atoms with Crippen molar-refractivity contribution in [2.75, 3.05) is 0 Å². The fourth-order valence-corrected chi connectivity index (χ4v) is 12.6. The van der Waals surface area contributed by atoms with Crippen molar-refractivity contribution >= 4 is 66.7 Å². The Kier molecular flexibility index (Phi) is 9.68. The van der Waals surface area contributed by atoms with Crippen LogP contribution in [0.15, 0.2) is 170 Å². The molecule has 3 aromatic heterocycles. The van der Waals surface area contributed by atoms with E-state index in [4.69, 9.17) is 4.98 Å². The minimum atomic E-state index is -0.145. The molecule has 2 aliphatic rings. The highest BCUT2D eigenvalue weighted by atomic mass is 15.0. The fourth-order valence-electron chi connectivity index (χ4n) is 12.6. The van der Waals surface area contributed by atoms with Crippen LogP contribution in [-0.4, -0.2) is 20.8 Å². The number of aromatic nitrogens is 3. The molecule has 0 radical (unpaired) electrons. The Labute approximate surface area is 431 Å². The van der Waals surface area contributed by atoms with Crippen molar-refractivity contribution < 1.29 is 0 Å². The van der Waals surface area contributed by atoms with Gasteiger partial charge in [-0.3, -0.25) is 0 Å². The van der Waals surface area contributed by atoms with Crippen LogP contribution < -0.4 is 16.4 Å². The zero-order valence-electron chi connectivity index (χ0n) is 44.6. The Hall–Kier alpha value is -7.43. The van der Waals surface area contributed by atoms with Gasteiger partial charge in [0.15, 0.2) is 0 Å². The van der Waals surface area contributed by atoms with E-state index >= 15 is 0 Å². The lowest BCUT2D eigenvalue weighted by Gasteiger charge is -2.35. The summed E-state index contributed by atoms with van der Waals surface area (Å²) >= 11 is 0. The number of hydrogen-bond acceptors (Lipinski definition) is 1. The normalized spacial score (nSPS) is 13.5. The monoisotopic (exact) mass is 946 g/mol. The van der Waals surface area contributed by atoms with Crippen molar-refractivity contribution in [3.8, 4) is 56.1 Å². The van der Waals surface area contributed by atoms with Gasteiger partial charge in [0, 0.05) is 44.0 Å². The smallest absolute Gasteiger partial charge is 0.252 e. The fraction of sp³-hybridized carbons (Fsp3) is 0.232. The molecular weight excluding hydrogens is 882 g/mol. The topological polar surface area (TPSA) is 22.8 Å². The minimum absolute atomic E-state index is 0.0451. The summed E-state index contributed by atoms with van der Waals surface area (Å²) in [5, 5.41) is 5.35. The van der Waals surface area contributed by atoms with Crippen LogP contribution in [0.1, 0.15) is 105 Å². The Bertz CT molecular complexity index is 3860. The number of fused-ring (bicyclic) bond motifs is 10. The van der Waals surface area contributed by atoms with Gasteiger partial charge in [-0.15, -0.1) is 0 Å². The second-order valence-corrected chi connectivity index (χ2v) is 25.2. The summed E-state index contributed by atoms with van der Waals surface area (Å²) in [4.78, 5) is 5.54. The third kappa shape index (κ3) is 6.82. The first-order chi connectivity index (χ1) is 34.8. The molecule has 73 heavy (non-hydrogen) atoms. The first-order valence-electron chi connectivity index (χ1n) is 26.4. The van der Waals surface area contributed by atoms with E-state index in [1.807, 2.05) is 0 Å². The Morgan fingerprint density at radius 2 is 0.753 bits per heavy atom. The summed E-state index contributed by atoms with van der Waals surface area (Å²) < 4.78 is 5.40. The van der Waals surface area contributed by atoms with Crippen LogP contribution in [0.3, 0.4) is 0 Å². The number of hydrogen-bond donors (Lipinski definition) is 0. The molecule has 3 nitrogen and oxygen atoms in total. The molecule has 0 atom stereocenters. The molecule has 4 heteroatoms. The van der Waals surface area contributed by atoms with Crippen LogP contribution in [0.25, 0.3) is 99.8 Å². The maximum Gasteiger partial charge on any atom is 0.252 e. The Morgan fingerprint density at radius 1 is 0.356 bits per heavy atom. The van der Waals surface area contributed by atoms with Crippen molar-refractivity contribution in [2.24, 2.45) is 0 Å². The summed E-state index contributed by atoms with van der Waals surface area (Å²) in [5.74, 6) is 0. The van der Waals surface area contributed by atoms with Gasteiger partial charge < -0.3 is 9.13 Å². The van der Waals surface area contributed by atoms with E-state index in [-0.39, 0.29) is 28.4 Å². The van der Waals surface area contributed by atoms with Gasteiger partial charge in [0.2, 0.25) is 0 Å². The zero-order chi connectivity index (χ0) is 50.7. The number of nitrogens with zero attached hydrogens (tertiary/aromatic N) is 3. The van der Waals surface area contributed by atoms with Gasteiger partial charge in [-0.05, 0) is 119 Å². The van der Waals surface area contributed by atoms with Crippen LogP contribution in [0.4, 0.5) is 0 Å². The third-order valence-corrected chi connectivity index (χ3v) is 16.2. The first-order valence-corrected chi connectivity index (χ1v) is 26.4. The molecule has 0 bridgehead atoms. The maximum atomic E-state index is 5.54. The molecule has 13 rings (SSSR count). The standard InChI is InChI=1S/C69H64BN3/c1-66(2,3)45-37-49(68(7,8)9)61-55(39-45)72-57-35-44(54-30-22-29-53(71-54)43-27-20-15-21-28-43)36-58-63(57)70(51-33-31-47(59(61)64(51)72)41-23-16-13-17-24-41)52-34-32-48(42-25-18-14-19-26-42)60-62-50(69(10,11)12)38-46(67(4,5)6)40-56(62)73(58)65(52)60/h13-40H,1-12H3. The summed E-state index contributed by atoms with van der Waals surface area (Å²) in [6.07, 6.45) is 0. The Morgan fingerprint density at radius 3 is 1.15 bits per heavy atom. The molecule has 2 aliphatic heterocycles. The molecule has 0 saturated carbocycles. The highest BCUT2D eigenvalue weighted by Crippen LogP contribution is 2.50. The molecule has 358 valence electrons. The van der Waals surface area contributed by atoms with Crippen LogP contribution in [0.2, 0.25) is 0 Å². The molecule has 0 N–H and O–H groups in total. The molecular formula is C69H64BN3. The lowest BCUT2D eigenvalue weighted by Crippen LogP contribution is -2.59. The lowest BCUT2D eigenvalue weighted by atomic mass is 9.34. The number of benzene rings is 8. The predicted octanol–water partition coefficient (Wildman–Crippen LogP) is 16.3. The van der Waals surface area contributed by atoms with Gasteiger partial charge >= 0.3 is 0 Å². The molecule has 8 aromatic carbocycles. The van der Waals surface area contributed by atoms with E-state index in [9.17, 15) is 0 Å². The third-order valence-electron chi connectivity index (χ3n) is 16.2. The van der Waals surface area contributed by atoms with Gasteiger partial charge in [-0.25, -0.2) is 4.98 Å². The van der Waals surface area contributed by atoms with Crippen molar-refractivity contribution in [1.29, 1.82) is 0 Å². The highest BCUT2D eigenvalue weighted by molar-refractivity contribution is 7.00. The van der Waals surface area contributed by atoms with Crippen molar-refractivity contribution in [1.82, 2.24) is 14.1 Å². The van der Waals surface area contributed by atoms with Crippen LogP contribution in [-0.2, 0) is 21.7 Å². The van der Waals surface area contributed by atoms with Crippen molar-refractivity contribution in [2.45, 2.75) is 105 Å². The van der Waals surface area contributed by atoms with E-state index < -0.39 is 0 Å². The van der Waals surface area contributed by atoms with E-state index in [1.165, 1.54) is 116 Å². The van der Waals surface area contributed by atoms with Gasteiger partial charge in [-0.2, -0.15) is 0 Å². The second kappa shape index (κ2) is 15.5. The highest BCUT2D eigenvalue weighted by Gasteiger charge is 2.44. The molecule has 5 heterocycles. The SMILES string of the molecule is CC(C)(C)c1cc(C(C)(C)C)c2c3c(-c4ccccc4)ccc4c3n(c2c1)-c1cc(-c2cccc(-c3ccccc3)n2)cc2c1B4c1ccc(-c3ccccc3)c3c4c(C(C)(C)C)cc(C(C)(C)C)cc4n-2c13. The molecule has 0 saturated heterocycles. The first kappa shape index (κ1) is 45.4. The molecule has 0 spiro atoms. The molecule has 0 fully saturated rings.